The van der Waals surface area contributed by atoms with Crippen LogP contribution in [0.15, 0.2) is 77.6 Å². The molecule has 0 aliphatic carbocycles. The van der Waals surface area contributed by atoms with Crippen LogP contribution >= 0.6 is 0 Å². The van der Waals surface area contributed by atoms with E-state index in [-0.39, 0.29) is 23.8 Å². The Hall–Kier alpha value is -3.80. The minimum absolute atomic E-state index is 0.158. The van der Waals surface area contributed by atoms with Crippen LogP contribution in [0.3, 0.4) is 0 Å². The van der Waals surface area contributed by atoms with Gasteiger partial charge < -0.3 is 9.88 Å². The van der Waals surface area contributed by atoms with Gasteiger partial charge in [-0.15, -0.1) is 0 Å². The predicted octanol–water partition coefficient (Wildman–Crippen LogP) is 3.82. The largest absolute Gasteiger partial charge is 0.348 e. The van der Waals surface area contributed by atoms with Crippen LogP contribution in [0.2, 0.25) is 0 Å². The molecule has 1 N–H and O–H groups in total. The minimum Gasteiger partial charge on any atom is -0.348 e. The molecule has 6 heteroatoms. The lowest BCUT2D eigenvalue weighted by Crippen LogP contribution is -2.25. The van der Waals surface area contributed by atoms with Crippen molar-refractivity contribution >= 4 is 16.9 Å². The van der Waals surface area contributed by atoms with Crippen molar-refractivity contribution in [2.45, 2.75) is 20.0 Å². The second-order valence-corrected chi connectivity index (χ2v) is 7.09. The van der Waals surface area contributed by atoms with Crippen molar-refractivity contribution < 1.29 is 9.18 Å². The molecular formula is C24H20FN3O2. The Morgan fingerprint density at radius 1 is 1.00 bits per heavy atom. The molecule has 0 atom stereocenters. The van der Waals surface area contributed by atoms with E-state index >= 15 is 0 Å². The number of nitrogens with one attached hydrogen (secondary N) is 1. The number of amides is 1. The lowest BCUT2D eigenvalue weighted by atomic mass is 10.1. The van der Waals surface area contributed by atoms with Gasteiger partial charge in [0.25, 0.3) is 11.5 Å². The van der Waals surface area contributed by atoms with Gasteiger partial charge in [-0.25, -0.2) is 9.37 Å². The van der Waals surface area contributed by atoms with Gasteiger partial charge in [0.2, 0.25) is 0 Å². The quantitative estimate of drug-likeness (QED) is 0.553. The molecule has 0 saturated heterocycles. The molecule has 0 unspecified atom stereocenters. The molecule has 0 radical (unpaired) electrons. The number of nitrogens with zero attached hydrogens (tertiary/aromatic N) is 2. The van der Waals surface area contributed by atoms with Crippen molar-refractivity contribution in [3.63, 3.8) is 0 Å². The Labute approximate surface area is 172 Å². The Kier molecular flexibility index (Phi) is 5.39. The van der Waals surface area contributed by atoms with Crippen LogP contribution in [0, 0.1) is 12.7 Å². The standard InChI is InChI=1S/C24H20FN3O2/c1-16-24(30)28(15-17-6-3-2-4-7-17)22-11-10-19(13-21(22)27-16)23(29)26-14-18-8-5-9-20(25)12-18/h2-13H,14-15H2,1H3,(H,26,29). The van der Waals surface area contributed by atoms with Crippen molar-refractivity contribution in [3.8, 4) is 0 Å². The van der Waals surface area contributed by atoms with Gasteiger partial charge in [-0.05, 0) is 48.4 Å². The van der Waals surface area contributed by atoms with Gasteiger partial charge in [-0.2, -0.15) is 0 Å². The highest BCUT2D eigenvalue weighted by molar-refractivity contribution is 5.97. The van der Waals surface area contributed by atoms with Crippen LogP contribution in [-0.4, -0.2) is 15.5 Å². The Balaban J connectivity index is 1.63. The van der Waals surface area contributed by atoms with Crippen LogP contribution in [0.4, 0.5) is 4.39 Å². The highest BCUT2D eigenvalue weighted by Gasteiger charge is 2.12. The molecule has 30 heavy (non-hydrogen) atoms. The first-order chi connectivity index (χ1) is 14.5. The first-order valence-corrected chi connectivity index (χ1v) is 9.59. The van der Waals surface area contributed by atoms with Crippen LogP contribution in [0.25, 0.3) is 11.0 Å². The van der Waals surface area contributed by atoms with Gasteiger partial charge >= 0.3 is 0 Å². The van der Waals surface area contributed by atoms with Crippen molar-refractivity contribution in [3.05, 3.63) is 111 Å². The lowest BCUT2D eigenvalue weighted by Gasteiger charge is -2.12. The zero-order valence-corrected chi connectivity index (χ0v) is 16.4. The minimum atomic E-state index is -0.344. The van der Waals surface area contributed by atoms with E-state index in [2.05, 4.69) is 10.3 Å². The van der Waals surface area contributed by atoms with Gasteiger partial charge in [0.15, 0.2) is 0 Å². The maximum atomic E-state index is 13.3. The fourth-order valence-electron chi connectivity index (χ4n) is 3.37. The number of halogens is 1. The summed E-state index contributed by atoms with van der Waals surface area (Å²) in [5.74, 6) is -0.634. The van der Waals surface area contributed by atoms with E-state index in [0.29, 0.717) is 34.4 Å². The topological polar surface area (TPSA) is 64.0 Å². The molecule has 150 valence electrons. The number of hydrogen-bond acceptors (Lipinski definition) is 3. The third-order valence-corrected chi connectivity index (χ3v) is 4.90. The fourth-order valence-corrected chi connectivity index (χ4v) is 3.37. The second kappa shape index (κ2) is 8.29. The Morgan fingerprint density at radius 3 is 2.53 bits per heavy atom. The molecule has 0 saturated carbocycles. The summed E-state index contributed by atoms with van der Waals surface area (Å²) < 4.78 is 15.0. The number of aromatic nitrogens is 2. The van der Waals surface area contributed by atoms with E-state index in [1.807, 2.05) is 30.3 Å². The molecule has 1 amide bonds. The average molecular weight is 401 g/mol. The number of benzene rings is 3. The molecule has 4 aromatic rings. The van der Waals surface area contributed by atoms with E-state index in [1.165, 1.54) is 12.1 Å². The van der Waals surface area contributed by atoms with Crippen molar-refractivity contribution in [1.82, 2.24) is 14.9 Å². The molecule has 1 aromatic heterocycles. The van der Waals surface area contributed by atoms with E-state index in [9.17, 15) is 14.0 Å². The fraction of sp³-hybridized carbons (Fsp3) is 0.125. The average Bonchev–Trinajstić information content (AvgIpc) is 2.75. The summed E-state index contributed by atoms with van der Waals surface area (Å²) in [7, 11) is 0. The normalized spacial score (nSPS) is 10.9. The molecule has 3 aromatic carbocycles. The second-order valence-electron chi connectivity index (χ2n) is 7.09. The zero-order chi connectivity index (χ0) is 21.1. The Bertz CT molecular complexity index is 1280. The van der Waals surface area contributed by atoms with E-state index in [4.69, 9.17) is 0 Å². The van der Waals surface area contributed by atoms with Crippen LogP contribution in [-0.2, 0) is 13.1 Å². The molecule has 0 aliphatic heterocycles. The van der Waals surface area contributed by atoms with E-state index < -0.39 is 0 Å². The van der Waals surface area contributed by atoms with Gasteiger partial charge in [0.1, 0.15) is 11.5 Å². The third-order valence-electron chi connectivity index (χ3n) is 4.90. The smallest absolute Gasteiger partial charge is 0.272 e. The first-order valence-electron chi connectivity index (χ1n) is 9.59. The molecule has 0 spiro atoms. The molecular weight excluding hydrogens is 381 g/mol. The summed E-state index contributed by atoms with van der Waals surface area (Å²) in [6.45, 7) is 2.30. The molecule has 0 aliphatic rings. The third kappa shape index (κ3) is 4.12. The lowest BCUT2D eigenvalue weighted by molar-refractivity contribution is 0.0951. The number of rotatable bonds is 5. The molecule has 0 fully saturated rings. The monoisotopic (exact) mass is 401 g/mol. The number of carbonyl (C=O) groups excluding carboxylic acids is 1. The highest BCUT2D eigenvalue weighted by atomic mass is 19.1. The van der Waals surface area contributed by atoms with Crippen LogP contribution in [0.1, 0.15) is 27.2 Å². The summed E-state index contributed by atoms with van der Waals surface area (Å²) >= 11 is 0. The maximum Gasteiger partial charge on any atom is 0.272 e. The highest BCUT2D eigenvalue weighted by Crippen LogP contribution is 2.15. The van der Waals surface area contributed by atoms with E-state index in [0.717, 1.165) is 5.56 Å². The van der Waals surface area contributed by atoms with Gasteiger partial charge in [0.05, 0.1) is 17.6 Å². The van der Waals surface area contributed by atoms with Crippen molar-refractivity contribution in [2.24, 2.45) is 0 Å². The number of carbonyl (C=O) groups is 1. The first kappa shape index (κ1) is 19.5. The molecule has 4 rings (SSSR count). The van der Waals surface area contributed by atoms with Gasteiger partial charge in [-0.3, -0.25) is 9.59 Å². The number of fused-ring (bicyclic) bond motifs is 1. The Morgan fingerprint density at radius 2 is 1.77 bits per heavy atom. The van der Waals surface area contributed by atoms with Crippen molar-refractivity contribution in [1.29, 1.82) is 0 Å². The van der Waals surface area contributed by atoms with Gasteiger partial charge in [-0.1, -0.05) is 42.5 Å². The number of aryl methyl sites for hydroxylation is 1. The number of hydrogen-bond donors (Lipinski definition) is 1. The van der Waals surface area contributed by atoms with Crippen LogP contribution in [0.5, 0.6) is 0 Å². The van der Waals surface area contributed by atoms with Gasteiger partial charge in [0, 0.05) is 12.1 Å². The summed E-state index contributed by atoms with van der Waals surface area (Å²) in [6.07, 6.45) is 0. The summed E-state index contributed by atoms with van der Waals surface area (Å²) in [4.78, 5) is 29.6. The summed E-state index contributed by atoms with van der Waals surface area (Å²) in [5, 5.41) is 2.79. The van der Waals surface area contributed by atoms with Crippen LogP contribution < -0.4 is 10.9 Å². The molecule has 5 nitrogen and oxygen atoms in total. The predicted molar refractivity (Wildman–Crippen MR) is 114 cm³/mol. The summed E-state index contributed by atoms with van der Waals surface area (Å²) in [5.41, 5.74) is 3.55. The van der Waals surface area contributed by atoms with Crippen molar-refractivity contribution in [2.75, 3.05) is 0 Å². The SMILES string of the molecule is Cc1nc2cc(C(=O)NCc3cccc(F)c3)ccc2n(Cc2ccccc2)c1=O. The van der Waals surface area contributed by atoms with E-state index in [1.54, 1.807) is 41.8 Å². The zero-order valence-electron chi connectivity index (χ0n) is 16.4. The maximum absolute atomic E-state index is 13.3. The summed E-state index contributed by atoms with van der Waals surface area (Å²) in [6, 6.07) is 20.9. The molecule has 0 bridgehead atoms. The molecule has 1 heterocycles.